The minimum atomic E-state index is -1.40. The largest absolute Gasteiger partial charge is 0.339 e. The van der Waals surface area contributed by atoms with Gasteiger partial charge in [0, 0.05) is 13.1 Å². The van der Waals surface area contributed by atoms with Crippen LogP contribution in [0.4, 0.5) is 0 Å². The summed E-state index contributed by atoms with van der Waals surface area (Å²) in [7, 11) is 0. The molecule has 1 aromatic heterocycles. The molecule has 0 atom stereocenters. The van der Waals surface area contributed by atoms with E-state index < -0.39 is 9.76 Å². The van der Waals surface area contributed by atoms with Crippen molar-refractivity contribution in [3.05, 3.63) is 30.1 Å². The number of nitrogens with zero attached hydrogens (tertiary/aromatic N) is 1. The van der Waals surface area contributed by atoms with Crippen molar-refractivity contribution in [2.45, 2.75) is 10.7 Å². The fourth-order valence-electron chi connectivity index (χ4n) is 0.530. The number of rotatable bonds is 0. The van der Waals surface area contributed by atoms with Crippen LogP contribution < -0.4 is 0 Å². The van der Waals surface area contributed by atoms with Crippen LogP contribution in [-0.4, -0.2) is 16.2 Å². The molecule has 0 amide bonds. The third-order valence-corrected chi connectivity index (χ3v) is 1.66. The lowest BCUT2D eigenvalue weighted by Crippen LogP contribution is -2.01. The van der Waals surface area contributed by atoms with Gasteiger partial charge in [-0.05, 0) is 12.1 Å². The van der Waals surface area contributed by atoms with Gasteiger partial charge >= 0.3 is 5.97 Å². The first-order valence-electron chi connectivity index (χ1n) is 3.68. The molecule has 4 nitrogen and oxygen atoms in total. The van der Waals surface area contributed by atoms with Crippen molar-refractivity contribution in [2.24, 2.45) is 0 Å². The highest BCUT2D eigenvalue weighted by Crippen LogP contribution is 2.36. The van der Waals surface area contributed by atoms with Crippen molar-refractivity contribution >= 4 is 40.8 Å². The van der Waals surface area contributed by atoms with Crippen molar-refractivity contribution in [3.63, 3.8) is 0 Å². The van der Waals surface area contributed by atoms with Crippen LogP contribution in [-0.2, 0) is 13.5 Å². The van der Waals surface area contributed by atoms with Crippen LogP contribution in [0, 0.1) is 0 Å². The molecule has 0 aliphatic heterocycles. The van der Waals surface area contributed by atoms with E-state index in [0.717, 1.165) is 6.92 Å². The van der Waals surface area contributed by atoms with Crippen LogP contribution in [0.5, 0.6) is 0 Å². The molecule has 0 bridgehead atoms. The molecule has 15 heavy (non-hydrogen) atoms. The molecule has 7 heteroatoms. The SMILES string of the molecule is CC(=O)OO.ClC(Cl)(Cl)c1ccccn1. The van der Waals surface area contributed by atoms with E-state index in [2.05, 4.69) is 9.87 Å². The van der Waals surface area contributed by atoms with Crippen LogP contribution in [0.3, 0.4) is 0 Å². The standard InChI is InChI=1S/C6H4Cl3N.C2H4O3/c7-6(8,9)5-3-1-2-4-10-5;1-2(3)5-4/h1-4H;4H,1H3. The molecule has 84 valence electrons. The van der Waals surface area contributed by atoms with Gasteiger partial charge in [0.1, 0.15) is 0 Å². The molecule has 0 aliphatic carbocycles. The van der Waals surface area contributed by atoms with Gasteiger partial charge in [0.25, 0.3) is 0 Å². The molecule has 1 N–H and O–H groups in total. The average molecular weight is 273 g/mol. The molecular formula is C8H8Cl3NO3. The van der Waals surface area contributed by atoms with E-state index >= 15 is 0 Å². The van der Waals surface area contributed by atoms with Gasteiger partial charge in [-0.3, -0.25) is 4.98 Å². The van der Waals surface area contributed by atoms with Crippen molar-refractivity contribution in [2.75, 3.05) is 0 Å². The van der Waals surface area contributed by atoms with Crippen molar-refractivity contribution in [1.82, 2.24) is 4.98 Å². The van der Waals surface area contributed by atoms with Gasteiger partial charge in [0.15, 0.2) is 0 Å². The second-order valence-electron chi connectivity index (χ2n) is 2.30. The first-order chi connectivity index (χ1) is 6.88. The van der Waals surface area contributed by atoms with Gasteiger partial charge in [-0.25, -0.2) is 4.79 Å². The second kappa shape index (κ2) is 6.85. The summed E-state index contributed by atoms with van der Waals surface area (Å²) in [4.78, 5) is 16.3. The normalized spacial score (nSPS) is 9.93. The summed E-state index contributed by atoms with van der Waals surface area (Å²) in [6.45, 7) is 1.11. The Kier molecular flexibility index (Phi) is 6.60. The van der Waals surface area contributed by atoms with E-state index in [-0.39, 0.29) is 0 Å². The summed E-state index contributed by atoms with van der Waals surface area (Å²) in [6.07, 6.45) is 1.58. The Hall–Kier alpha value is -0.550. The number of hydrogen-bond acceptors (Lipinski definition) is 4. The highest BCUT2D eigenvalue weighted by atomic mass is 35.6. The minimum absolute atomic E-state index is 0.444. The quantitative estimate of drug-likeness (QED) is 0.448. The first kappa shape index (κ1) is 14.5. The number of alkyl halides is 3. The number of halogens is 3. The maximum atomic E-state index is 9.34. The smallest absolute Gasteiger partial charge is 0.301 e. The molecule has 1 aromatic rings. The molecule has 0 radical (unpaired) electrons. The molecule has 1 heterocycles. The zero-order valence-electron chi connectivity index (χ0n) is 7.65. The summed E-state index contributed by atoms with van der Waals surface area (Å²) in [5, 5.41) is 7.29. The van der Waals surface area contributed by atoms with Gasteiger partial charge in [0.05, 0.1) is 5.69 Å². The van der Waals surface area contributed by atoms with Gasteiger partial charge in [-0.2, -0.15) is 5.26 Å². The van der Waals surface area contributed by atoms with Crippen molar-refractivity contribution in [1.29, 1.82) is 0 Å². The topological polar surface area (TPSA) is 59.4 Å². The summed E-state index contributed by atoms with van der Waals surface area (Å²) in [5.74, 6) is -0.690. The Morgan fingerprint density at radius 1 is 1.47 bits per heavy atom. The van der Waals surface area contributed by atoms with E-state index in [4.69, 9.17) is 40.1 Å². The summed E-state index contributed by atoms with van der Waals surface area (Å²) >= 11 is 16.6. The molecule has 0 saturated carbocycles. The van der Waals surface area contributed by atoms with Crippen LogP contribution in [0.25, 0.3) is 0 Å². The van der Waals surface area contributed by atoms with Crippen molar-refractivity contribution < 1.29 is 14.9 Å². The predicted molar refractivity (Wildman–Crippen MR) is 57.9 cm³/mol. The third-order valence-electron chi connectivity index (χ3n) is 1.08. The Balaban J connectivity index is 0.000000336. The highest BCUT2D eigenvalue weighted by molar-refractivity contribution is 6.66. The summed E-state index contributed by atoms with van der Waals surface area (Å²) < 4.78 is -1.40. The maximum absolute atomic E-state index is 9.34. The summed E-state index contributed by atoms with van der Waals surface area (Å²) in [5.41, 5.74) is 0.444. The lowest BCUT2D eigenvalue weighted by molar-refractivity contribution is -0.231. The third kappa shape index (κ3) is 7.39. The molecule has 0 spiro atoms. The van der Waals surface area contributed by atoms with Crippen LogP contribution in [0.1, 0.15) is 12.6 Å². The van der Waals surface area contributed by atoms with Crippen LogP contribution in [0.2, 0.25) is 0 Å². The molecular weight excluding hydrogens is 264 g/mol. The number of hydrogen-bond donors (Lipinski definition) is 1. The molecule has 0 fully saturated rings. The molecule has 0 unspecified atom stereocenters. The Morgan fingerprint density at radius 2 is 2.00 bits per heavy atom. The highest BCUT2D eigenvalue weighted by Gasteiger charge is 2.23. The summed E-state index contributed by atoms with van der Waals surface area (Å²) in [6, 6.07) is 5.19. The Bertz CT molecular complexity index is 300. The second-order valence-corrected chi connectivity index (χ2v) is 4.58. The van der Waals surface area contributed by atoms with Gasteiger partial charge in [-0.15, -0.1) is 0 Å². The minimum Gasteiger partial charge on any atom is -0.301 e. The fraction of sp³-hybridized carbons (Fsp3) is 0.250. The van der Waals surface area contributed by atoms with Crippen LogP contribution >= 0.6 is 34.8 Å². The van der Waals surface area contributed by atoms with E-state index in [0.29, 0.717) is 5.69 Å². The van der Waals surface area contributed by atoms with Gasteiger partial charge < -0.3 is 4.89 Å². The number of aromatic nitrogens is 1. The van der Waals surface area contributed by atoms with Crippen LogP contribution in [0.15, 0.2) is 24.4 Å². The average Bonchev–Trinajstić information content (AvgIpc) is 2.19. The van der Waals surface area contributed by atoms with Gasteiger partial charge in [0.2, 0.25) is 3.79 Å². The number of carbonyl (C=O) groups excluding carboxylic acids is 1. The Labute approximate surface area is 102 Å². The maximum Gasteiger partial charge on any atom is 0.339 e. The molecule has 0 aromatic carbocycles. The lowest BCUT2D eigenvalue weighted by atomic mass is 10.4. The fourth-order valence-corrected chi connectivity index (χ4v) is 0.866. The van der Waals surface area contributed by atoms with E-state index in [1.165, 1.54) is 0 Å². The van der Waals surface area contributed by atoms with E-state index in [9.17, 15) is 4.79 Å². The zero-order valence-corrected chi connectivity index (χ0v) is 9.92. The molecule has 0 saturated heterocycles. The Morgan fingerprint density at radius 3 is 2.20 bits per heavy atom. The van der Waals surface area contributed by atoms with E-state index in [1.807, 2.05) is 0 Å². The monoisotopic (exact) mass is 271 g/mol. The number of carbonyl (C=O) groups is 1. The lowest BCUT2D eigenvalue weighted by Gasteiger charge is -2.07. The first-order valence-corrected chi connectivity index (χ1v) is 4.81. The zero-order chi connectivity index (χ0) is 11.9. The predicted octanol–water partition coefficient (Wildman–Crippen LogP) is 2.93. The molecule has 1 rings (SSSR count). The van der Waals surface area contributed by atoms with Gasteiger partial charge in [-0.1, -0.05) is 40.9 Å². The van der Waals surface area contributed by atoms with E-state index in [1.54, 1.807) is 24.4 Å². The molecule has 0 aliphatic rings. The number of pyridine rings is 1. The van der Waals surface area contributed by atoms with Crippen molar-refractivity contribution in [3.8, 4) is 0 Å².